The first kappa shape index (κ1) is 23.0. The van der Waals surface area contributed by atoms with Crippen molar-refractivity contribution in [3.05, 3.63) is 89.2 Å². The molecule has 0 fully saturated rings. The van der Waals surface area contributed by atoms with Gasteiger partial charge in [0.1, 0.15) is 0 Å². The summed E-state index contributed by atoms with van der Waals surface area (Å²) in [6, 6.07) is 15.7. The first-order valence-electron chi connectivity index (χ1n) is 9.71. The van der Waals surface area contributed by atoms with Crippen molar-refractivity contribution in [3.63, 3.8) is 0 Å². The van der Waals surface area contributed by atoms with E-state index in [9.17, 15) is 17.6 Å². The van der Waals surface area contributed by atoms with Crippen LogP contribution in [0, 0.1) is 19.7 Å². The Morgan fingerprint density at radius 1 is 1.00 bits per heavy atom. The van der Waals surface area contributed by atoms with Crippen molar-refractivity contribution in [1.82, 2.24) is 0 Å². The lowest BCUT2D eigenvalue weighted by Crippen LogP contribution is -2.15. The van der Waals surface area contributed by atoms with Crippen molar-refractivity contribution in [1.29, 1.82) is 0 Å². The molecule has 166 valence electrons. The number of methoxy groups -OCH3 is 1. The van der Waals surface area contributed by atoms with E-state index >= 15 is 0 Å². The van der Waals surface area contributed by atoms with Gasteiger partial charge in [-0.15, -0.1) is 0 Å². The number of nitrogens with one attached hydrogen (secondary N) is 2. The highest BCUT2D eigenvalue weighted by molar-refractivity contribution is 7.92. The Morgan fingerprint density at radius 2 is 1.66 bits per heavy atom. The minimum Gasteiger partial charge on any atom is -0.494 e. The van der Waals surface area contributed by atoms with Crippen LogP contribution in [0.25, 0.3) is 6.08 Å². The SMILES string of the molecule is COc1ccc(/C=C/C(=O)Nc2ccc(S(=O)(=O)Nc3c(C)cccc3C)cc2)cc1F. The molecule has 8 heteroatoms. The Labute approximate surface area is 186 Å². The maximum Gasteiger partial charge on any atom is 0.261 e. The van der Waals surface area contributed by atoms with Gasteiger partial charge in [0.25, 0.3) is 10.0 Å². The highest BCUT2D eigenvalue weighted by Gasteiger charge is 2.16. The van der Waals surface area contributed by atoms with Gasteiger partial charge in [0, 0.05) is 11.8 Å². The number of halogens is 1. The molecule has 3 aromatic carbocycles. The third-order valence-electron chi connectivity index (χ3n) is 4.75. The molecule has 0 aromatic heterocycles. The zero-order chi connectivity index (χ0) is 23.3. The van der Waals surface area contributed by atoms with E-state index in [1.165, 1.54) is 55.7 Å². The number of carbonyl (C=O) groups is 1. The zero-order valence-corrected chi connectivity index (χ0v) is 18.7. The average molecular weight is 455 g/mol. The fraction of sp³-hybridized carbons (Fsp3) is 0.125. The van der Waals surface area contributed by atoms with E-state index < -0.39 is 21.7 Å². The van der Waals surface area contributed by atoms with Crippen LogP contribution in [-0.2, 0) is 14.8 Å². The predicted molar refractivity (Wildman–Crippen MR) is 124 cm³/mol. The molecule has 0 radical (unpaired) electrons. The minimum atomic E-state index is -3.78. The van der Waals surface area contributed by atoms with E-state index in [0.717, 1.165) is 11.1 Å². The van der Waals surface area contributed by atoms with Crippen molar-refractivity contribution in [2.45, 2.75) is 18.7 Å². The van der Waals surface area contributed by atoms with Crippen molar-refractivity contribution >= 4 is 33.4 Å². The number of rotatable bonds is 7. The van der Waals surface area contributed by atoms with Gasteiger partial charge in [-0.25, -0.2) is 12.8 Å². The van der Waals surface area contributed by atoms with E-state index in [0.29, 0.717) is 16.9 Å². The number of carbonyl (C=O) groups excluding carboxylic acids is 1. The third-order valence-corrected chi connectivity index (χ3v) is 6.12. The highest BCUT2D eigenvalue weighted by atomic mass is 32.2. The van der Waals surface area contributed by atoms with Crippen molar-refractivity contribution < 1.29 is 22.3 Å². The molecule has 0 heterocycles. The Kier molecular flexibility index (Phi) is 6.95. The van der Waals surface area contributed by atoms with Crippen molar-refractivity contribution in [2.75, 3.05) is 17.1 Å². The number of amides is 1. The number of para-hydroxylation sites is 1. The molecule has 32 heavy (non-hydrogen) atoms. The molecular formula is C24H23FN2O4S. The molecule has 6 nitrogen and oxygen atoms in total. The van der Waals surface area contributed by atoms with Gasteiger partial charge in [-0.05, 0) is 73.0 Å². The smallest absolute Gasteiger partial charge is 0.261 e. The Morgan fingerprint density at radius 3 is 2.25 bits per heavy atom. The van der Waals surface area contributed by atoms with E-state index in [-0.39, 0.29) is 10.6 Å². The number of aryl methyl sites for hydroxylation is 2. The molecule has 3 aromatic rings. The molecule has 0 aliphatic rings. The predicted octanol–water partition coefficient (Wildman–Crippen LogP) is 4.90. The van der Waals surface area contributed by atoms with Crippen LogP contribution in [0.4, 0.5) is 15.8 Å². The van der Waals surface area contributed by atoms with Gasteiger partial charge in [0.05, 0.1) is 17.7 Å². The number of benzene rings is 3. The van der Waals surface area contributed by atoms with Crippen LogP contribution >= 0.6 is 0 Å². The van der Waals surface area contributed by atoms with Crippen LogP contribution in [0.5, 0.6) is 5.75 Å². The van der Waals surface area contributed by atoms with Gasteiger partial charge in [-0.3, -0.25) is 9.52 Å². The second kappa shape index (κ2) is 9.65. The first-order valence-corrected chi connectivity index (χ1v) is 11.2. The largest absolute Gasteiger partial charge is 0.494 e. The lowest BCUT2D eigenvalue weighted by Gasteiger charge is -2.13. The Bertz CT molecular complexity index is 1250. The molecular weight excluding hydrogens is 431 g/mol. The van der Waals surface area contributed by atoms with Gasteiger partial charge in [-0.2, -0.15) is 0 Å². The van der Waals surface area contributed by atoms with Crippen LogP contribution in [-0.4, -0.2) is 21.4 Å². The van der Waals surface area contributed by atoms with Gasteiger partial charge in [-0.1, -0.05) is 24.3 Å². The van der Waals surface area contributed by atoms with Gasteiger partial charge >= 0.3 is 0 Å². The average Bonchev–Trinajstić information content (AvgIpc) is 2.75. The molecule has 0 saturated carbocycles. The van der Waals surface area contributed by atoms with E-state index in [1.54, 1.807) is 6.07 Å². The molecule has 0 saturated heterocycles. The van der Waals surface area contributed by atoms with Crippen molar-refractivity contribution in [2.24, 2.45) is 0 Å². The monoisotopic (exact) mass is 454 g/mol. The molecule has 1 amide bonds. The summed E-state index contributed by atoms with van der Waals surface area (Å²) < 4.78 is 46.6. The summed E-state index contributed by atoms with van der Waals surface area (Å²) in [5, 5.41) is 2.64. The topological polar surface area (TPSA) is 84.5 Å². The summed E-state index contributed by atoms with van der Waals surface area (Å²) in [7, 11) is -2.41. The van der Waals surface area contributed by atoms with Gasteiger partial charge < -0.3 is 10.1 Å². The third kappa shape index (κ3) is 5.53. The number of ether oxygens (including phenoxy) is 1. The van der Waals surface area contributed by atoms with E-state index in [2.05, 4.69) is 10.0 Å². The summed E-state index contributed by atoms with van der Waals surface area (Å²) in [4.78, 5) is 12.2. The zero-order valence-electron chi connectivity index (χ0n) is 17.8. The normalized spacial score (nSPS) is 11.4. The van der Waals surface area contributed by atoms with Crippen molar-refractivity contribution in [3.8, 4) is 5.75 Å². The van der Waals surface area contributed by atoms with Gasteiger partial charge in [0.2, 0.25) is 5.91 Å². The van der Waals surface area contributed by atoms with E-state index in [4.69, 9.17) is 4.74 Å². The standard InChI is InChI=1S/C24H23FN2O4S/c1-16-5-4-6-17(2)24(16)27-32(29,30)20-11-9-19(10-12-20)26-23(28)14-8-18-7-13-22(31-3)21(25)15-18/h4-15,27H,1-3H3,(H,26,28)/b14-8+. The molecule has 0 bridgehead atoms. The second-order valence-corrected chi connectivity index (χ2v) is 8.80. The Hall–Kier alpha value is -3.65. The lowest BCUT2D eigenvalue weighted by molar-refractivity contribution is -0.111. The first-order chi connectivity index (χ1) is 15.2. The van der Waals surface area contributed by atoms with Crippen LogP contribution in [0.1, 0.15) is 16.7 Å². The number of hydrogen-bond donors (Lipinski definition) is 2. The summed E-state index contributed by atoms with van der Waals surface area (Å²) >= 11 is 0. The second-order valence-electron chi connectivity index (χ2n) is 7.11. The highest BCUT2D eigenvalue weighted by Crippen LogP contribution is 2.24. The molecule has 3 rings (SSSR count). The quantitative estimate of drug-likeness (QED) is 0.497. The fourth-order valence-electron chi connectivity index (χ4n) is 3.03. The van der Waals surface area contributed by atoms with Crippen LogP contribution in [0.15, 0.2) is 71.6 Å². The van der Waals surface area contributed by atoms with Crippen LogP contribution < -0.4 is 14.8 Å². The summed E-state index contributed by atoms with van der Waals surface area (Å²) in [5.41, 5.74) is 3.11. The van der Waals surface area contributed by atoms with Gasteiger partial charge in [0.15, 0.2) is 11.6 Å². The number of sulfonamides is 1. The molecule has 0 atom stereocenters. The van der Waals surface area contributed by atoms with E-state index in [1.807, 2.05) is 32.0 Å². The number of hydrogen-bond acceptors (Lipinski definition) is 4. The molecule has 2 N–H and O–H groups in total. The molecule has 0 spiro atoms. The fourth-order valence-corrected chi connectivity index (χ4v) is 4.23. The van der Waals surface area contributed by atoms with Crippen LogP contribution in [0.3, 0.4) is 0 Å². The summed E-state index contributed by atoms with van der Waals surface area (Å²) in [5.74, 6) is -0.847. The number of anilines is 2. The Balaban J connectivity index is 1.67. The molecule has 0 unspecified atom stereocenters. The summed E-state index contributed by atoms with van der Waals surface area (Å²) in [6.07, 6.45) is 2.72. The summed E-state index contributed by atoms with van der Waals surface area (Å²) in [6.45, 7) is 3.66. The maximum atomic E-state index is 13.7. The lowest BCUT2D eigenvalue weighted by atomic mass is 10.1. The molecule has 0 aliphatic carbocycles. The maximum absolute atomic E-state index is 13.7. The molecule has 0 aliphatic heterocycles. The minimum absolute atomic E-state index is 0.0717. The van der Waals surface area contributed by atoms with Crippen LogP contribution in [0.2, 0.25) is 0 Å².